The van der Waals surface area contributed by atoms with E-state index >= 15 is 0 Å². The van der Waals surface area contributed by atoms with Crippen molar-refractivity contribution in [3.63, 3.8) is 0 Å². The van der Waals surface area contributed by atoms with E-state index in [1.165, 1.54) is 24.6 Å². The molecule has 0 saturated carbocycles. The lowest BCUT2D eigenvalue weighted by molar-refractivity contribution is 0.436. The number of piperidine rings is 1. The van der Waals surface area contributed by atoms with Crippen molar-refractivity contribution < 1.29 is 0 Å². The molecule has 3 heterocycles. The molecule has 1 N–H and O–H groups in total. The quantitative estimate of drug-likeness (QED) is 0.865. The predicted octanol–water partition coefficient (Wildman–Crippen LogP) is 1.53. The van der Waals surface area contributed by atoms with Crippen LogP contribution in [0.4, 0.5) is 0 Å². The molecule has 1 atom stereocenters. The van der Waals surface area contributed by atoms with Crippen molar-refractivity contribution in [1.29, 1.82) is 0 Å². The molecule has 0 bridgehead atoms. The number of hydrogen-bond donors (Lipinski definition) is 1. The van der Waals surface area contributed by atoms with Gasteiger partial charge >= 0.3 is 0 Å². The molecule has 1 aliphatic heterocycles. The van der Waals surface area contributed by atoms with Gasteiger partial charge in [0, 0.05) is 31.4 Å². The van der Waals surface area contributed by atoms with Crippen LogP contribution in [0.2, 0.25) is 0 Å². The number of nitrogens with one attached hydrogen (secondary N) is 1. The van der Waals surface area contributed by atoms with Crippen LogP contribution in [0.5, 0.6) is 0 Å². The Bertz CT molecular complexity index is 590. The zero-order valence-corrected chi connectivity index (χ0v) is 12.5. The number of hydrogen-bond acceptors (Lipinski definition) is 6. The van der Waals surface area contributed by atoms with Crippen LogP contribution in [0, 0.1) is 6.92 Å². The van der Waals surface area contributed by atoms with Gasteiger partial charge in [-0.05, 0) is 44.1 Å². The Morgan fingerprint density at radius 2 is 2.30 bits per heavy atom. The molecule has 0 radical (unpaired) electrons. The van der Waals surface area contributed by atoms with Crippen LogP contribution in [0.3, 0.4) is 0 Å². The van der Waals surface area contributed by atoms with Gasteiger partial charge in [0.2, 0.25) is 0 Å². The molecule has 1 aliphatic rings. The van der Waals surface area contributed by atoms with Gasteiger partial charge in [-0.15, -0.1) is 10.2 Å². The van der Waals surface area contributed by atoms with E-state index in [1.807, 2.05) is 20.0 Å². The monoisotopic (exact) mass is 290 g/mol. The molecule has 7 heteroatoms. The van der Waals surface area contributed by atoms with Crippen LogP contribution in [0.15, 0.2) is 22.6 Å². The van der Waals surface area contributed by atoms with Crippen LogP contribution in [-0.2, 0) is 7.05 Å². The van der Waals surface area contributed by atoms with Gasteiger partial charge < -0.3 is 9.88 Å². The van der Waals surface area contributed by atoms with Crippen LogP contribution in [0.25, 0.3) is 0 Å². The van der Waals surface area contributed by atoms with Gasteiger partial charge in [0.1, 0.15) is 5.82 Å². The summed E-state index contributed by atoms with van der Waals surface area (Å²) in [6, 6.07) is 1.89. The van der Waals surface area contributed by atoms with Crippen molar-refractivity contribution in [2.24, 2.45) is 7.05 Å². The molecule has 1 saturated heterocycles. The average molecular weight is 290 g/mol. The summed E-state index contributed by atoms with van der Waals surface area (Å²) in [6.07, 6.45) is 4.14. The Balaban J connectivity index is 1.79. The van der Waals surface area contributed by atoms with Crippen LogP contribution in [0.1, 0.15) is 30.3 Å². The van der Waals surface area contributed by atoms with Crippen LogP contribution >= 0.6 is 11.8 Å². The first-order chi connectivity index (χ1) is 9.74. The van der Waals surface area contributed by atoms with Crippen molar-refractivity contribution >= 4 is 11.8 Å². The van der Waals surface area contributed by atoms with E-state index in [2.05, 4.69) is 30.0 Å². The molecule has 20 heavy (non-hydrogen) atoms. The first-order valence-corrected chi connectivity index (χ1v) is 7.63. The molecule has 6 nitrogen and oxygen atoms in total. The number of rotatable bonds is 3. The van der Waals surface area contributed by atoms with Gasteiger partial charge in [-0.3, -0.25) is 0 Å². The SMILES string of the molecule is Cc1ccnc(Sc2nnc(C3CCCNC3)n2C)n1. The van der Waals surface area contributed by atoms with Gasteiger partial charge in [0.25, 0.3) is 0 Å². The van der Waals surface area contributed by atoms with Gasteiger partial charge in [0.15, 0.2) is 10.3 Å². The molecule has 3 rings (SSSR count). The summed E-state index contributed by atoms with van der Waals surface area (Å²) in [6.45, 7) is 4.05. The maximum atomic E-state index is 4.39. The van der Waals surface area contributed by atoms with Gasteiger partial charge in [-0.1, -0.05) is 0 Å². The normalized spacial score (nSPS) is 19.2. The number of nitrogens with zero attached hydrogens (tertiary/aromatic N) is 5. The largest absolute Gasteiger partial charge is 0.316 e. The minimum Gasteiger partial charge on any atom is -0.316 e. The second-order valence-corrected chi connectivity index (χ2v) is 5.96. The van der Waals surface area contributed by atoms with E-state index in [1.54, 1.807) is 6.20 Å². The summed E-state index contributed by atoms with van der Waals surface area (Å²) >= 11 is 1.46. The smallest absolute Gasteiger partial charge is 0.198 e. The molecule has 2 aromatic heterocycles. The van der Waals surface area contributed by atoms with Crippen LogP contribution < -0.4 is 5.32 Å². The third-order valence-electron chi connectivity index (χ3n) is 3.49. The molecule has 0 amide bonds. The van der Waals surface area contributed by atoms with E-state index in [0.29, 0.717) is 11.1 Å². The lowest BCUT2D eigenvalue weighted by atomic mass is 9.99. The Morgan fingerprint density at radius 1 is 1.40 bits per heavy atom. The molecular weight excluding hydrogens is 272 g/mol. The molecule has 0 aromatic carbocycles. The van der Waals surface area contributed by atoms with Gasteiger partial charge in [-0.2, -0.15) is 0 Å². The van der Waals surface area contributed by atoms with Gasteiger partial charge in [-0.25, -0.2) is 9.97 Å². The van der Waals surface area contributed by atoms with Crippen molar-refractivity contribution in [1.82, 2.24) is 30.0 Å². The minimum atomic E-state index is 0.453. The third-order valence-corrected chi connectivity index (χ3v) is 4.40. The zero-order chi connectivity index (χ0) is 13.9. The molecule has 0 spiro atoms. The topological polar surface area (TPSA) is 68.5 Å². The standard InChI is InChI=1S/C13H18N6S/c1-9-5-7-15-12(16-9)20-13-18-17-11(19(13)2)10-4-3-6-14-8-10/h5,7,10,14H,3-4,6,8H2,1-2H3. The average Bonchev–Trinajstić information content (AvgIpc) is 2.81. The van der Waals surface area contributed by atoms with E-state index in [0.717, 1.165) is 29.8 Å². The van der Waals surface area contributed by atoms with E-state index in [9.17, 15) is 0 Å². The summed E-state index contributed by atoms with van der Waals surface area (Å²) in [7, 11) is 2.02. The fourth-order valence-electron chi connectivity index (χ4n) is 2.40. The lowest BCUT2D eigenvalue weighted by Gasteiger charge is -2.21. The highest BCUT2D eigenvalue weighted by molar-refractivity contribution is 7.99. The van der Waals surface area contributed by atoms with E-state index < -0.39 is 0 Å². The second-order valence-electron chi connectivity index (χ2n) is 5.03. The Labute approximate surface area is 122 Å². The van der Waals surface area contributed by atoms with Gasteiger partial charge in [0.05, 0.1) is 0 Å². The molecule has 1 unspecified atom stereocenters. The maximum Gasteiger partial charge on any atom is 0.198 e. The van der Waals surface area contributed by atoms with E-state index in [-0.39, 0.29) is 0 Å². The van der Waals surface area contributed by atoms with Crippen molar-refractivity contribution in [2.45, 2.75) is 36.0 Å². The summed E-state index contributed by atoms with van der Waals surface area (Å²) < 4.78 is 2.06. The predicted molar refractivity (Wildman–Crippen MR) is 76.7 cm³/mol. The summed E-state index contributed by atoms with van der Waals surface area (Å²) in [5, 5.41) is 13.6. The zero-order valence-electron chi connectivity index (χ0n) is 11.7. The first kappa shape index (κ1) is 13.5. The van der Waals surface area contributed by atoms with Crippen molar-refractivity contribution in [3.8, 4) is 0 Å². The maximum absolute atomic E-state index is 4.39. The fourth-order valence-corrected chi connectivity index (χ4v) is 3.18. The lowest BCUT2D eigenvalue weighted by Crippen LogP contribution is -2.29. The Morgan fingerprint density at radius 3 is 3.05 bits per heavy atom. The van der Waals surface area contributed by atoms with E-state index in [4.69, 9.17) is 0 Å². The van der Waals surface area contributed by atoms with Crippen molar-refractivity contribution in [2.75, 3.05) is 13.1 Å². The molecule has 1 fully saturated rings. The molecule has 2 aromatic rings. The molecule has 0 aliphatic carbocycles. The minimum absolute atomic E-state index is 0.453. The highest BCUT2D eigenvalue weighted by Gasteiger charge is 2.22. The first-order valence-electron chi connectivity index (χ1n) is 6.81. The number of aromatic nitrogens is 5. The summed E-state index contributed by atoms with van der Waals surface area (Å²) in [5.74, 6) is 1.50. The second kappa shape index (κ2) is 5.88. The number of aryl methyl sites for hydroxylation is 1. The summed E-state index contributed by atoms with van der Waals surface area (Å²) in [4.78, 5) is 8.65. The molecular formula is C13H18N6S. The van der Waals surface area contributed by atoms with Crippen LogP contribution in [-0.4, -0.2) is 37.8 Å². The fraction of sp³-hybridized carbons (Fsp3) is 0.538. The Hall–Kier alpha value is -1.47. The highest BCUT2D eigenvalue weighted by atomic mass is 32.2. The highest BCUT2D eigenvalue weighted by Crippen LogP contribution is 2.27. The third kappa shape index (κ3) is 2.83. The van der Waals surface area contributed by atoms with Crippen molar-refractivity contribution in [3.05, 3.63) is 23.8 Å². The Kier molecular flexibility index (Phi) is 3.98. The molecule has 106 valence electrons. The summed E-state index contributed by atoms with van der Waals surface area (Å²) in [5.41, 5.74) is 0.960.